The number of rotatable bonds is 3. The number of carbonyl (C=O) groups is 1. The molecule has 2 aliphatic rings. The molecule has 1 aromatic heterocycles. The van der Waals surface area contributed by atoms with Gasteiger partial charge in [-0.25, -0.2) is 0 Å². The highest BCUT2D eigenvalue weighted by molar-refractivity contribution is 5.78. The lowest BCUT2D eigenvalue weighted by Crippen LogP contribution is -2.46. The van der Waals surface area contributed by atoms with E-state index in [1.54, 1.807) is 0 Å². The fraction of sp³-hybridized carbons (Fsp3) is 0.714. The first-order valence-corrected chi connectivity index (χ1v) is 7.53. The molecule has 6 nitrogen and oxygen atoms in total. The minimum atomic E-state index is 0.0809. The molecule has 6 heteroatoms. The van der Waals surface area contributed by atoms with Crippen molar-refractivity contribution in [2.45, 2.75) is 25.7 Å². The van der Waals surface area contributed by atoms with E-state index in [2.05, 4.69) is 15.1 Å². The fourth-order valence-corrected chi connectivity index (χ4v) is 3.40. The standard InChI is InChI=1S/C14H23N5O/c15-7-14(20)19-6-1-3-11(10-19)9-18-5-2-4-12-13(18)8-16-17-12/h8,11H,1-7,9-10,15H2,(H,16,17). The molecule has 2 aliphatic heterocycles. The Labute approximate surface area is 119 Å². The largest absolute Gasteiger partial charge is 0.368 e. The SMILES string of the molecule is NCC(=O)N1CCCC(CN2CCCc3[nH]ncc32)C1. The molecule has 1 atom stereocenters. The van der Waals surface area contributed by atoms with Gasteiger partial charge in [-0.3, -0.25) is 9.89 Å². The maximum atomic E-state index is 11.7. The van der Waals surface area contributed by atoms with Crippen molar-refractivity contribution < 1.29 is 4.79 Å². The number of nitrogens with zero attached hydrogens (tertiary/aromatic N) is 3. The van der Waals surface area contributed by atoms with Gasteiger partial charge in [0.2, 0.25) is 5.91 Å². The minimum absolute atomic E-state index is 0.0809. The smallest absolute Gasteiger partial charge is 0.236 e. The van der Waals surface area contributed by atoms with Gasteiger partial charge in [0.1, 0.15) is 0 Å². The van der Waals surface area contributed by atoms with Crippen molar-refractivity contribution >= 4 is 11.6 Å². The molecule has 3 heterocycles. The number of likely N-dealkylation sites (tertiary alicyclic amines) is 1. The lowest BCUT2D eigenvalue weighted by atomic mass is 9.96. The zero-order chi connectivity index (χ0) is 13.9. The molecular weight excluding hydrogens is 254 g/mol. The van der Waals surface area contributed by atoms with Crippen molar-refractivity contribution in [3.63, 3.8) is 0 Å². The molecule has 0 aromatic carbocycles. The molecule has 1 unspecified atom stereocenters. The summed E-state index contributed by atoms with van der Waals surface area (Å²) in [6.07, 6.45) is 6.47. The molecule has 1 amide bonds. The van der Waals surface area contributed by atoms with Gasteiger partial charge in [-0.1, -0.05) is 0 Å². The van der Waals surface area contributed by atoms with Crippen LogP contribution >= 0.6 is 0 Å². The minimum Gasteiger partial charge on any atom is -0.368 e. The monoisotopic (exact) mass is 277 g/mol. The summed E-state index contributed by atoms with van der Waals surface area (Å²) in [5.74, 6) is 0.623. The van der Waals surface area contributed by atoms with E-state index >= 15 is 0 Å². The molecule has 0 radical (unpaired) electrons. The second-order valence-electron chi connectivity index (χ2n) is 5.84. The third-order valence-electron chi connectivity index (χ3n) is 4.42. The van der Waals surface area contributed by atoms with Gasteiger partial charge in [-0.05, 0) is 31.6 Å². The molecule has 0 saturated carbocycles. The van der Waals surface area contributed by atoms with Crippen LogP contribution < -0.4 is 10.6 Å². The van der Waals surface area contributed by atoms with Gasteiger partial charge in [0.25, 0.3) is 0 Å². The van der Waals surface area contributed by atoms with E-state index in [4.69, 9.17) is 5.73 Å². The average molecular weight is 277 g/mol. The van der Waals surface area contributed by atoms with Crippen LogP contribution in [0.5, 0.6) is 0 Å². The van der Waals surface area contributed by atoms with Crippen LogP contribution in [0.1, 0.15) is 25.0 Å². The second-order valence-corrected chi connectivity index (χ2v) is 5.84. The van der Waals surface area contributed by atoms with Gasteiger partial charge < -0.3 is 15.5 Å². The number of aromatic amines is 1. The first kappa shape index (κ1) is 13.4. The molecule has 1 aromatic rings. The zero-order valence-electron chi connectivity index (χ0n) is 11.8. The van der Waals surface area contributed by atoms with Crippen LogP contribution in [0, 0.1) is 5.92 Å². The number of nitrogens with one attached hydrogen (secondary N) is 1. The number of aryl methyl sites for hydroxylation is 1. The number of H-pyrrole nitrogens is 1. The number of nitrogens with two attached hydrogens (primary N) is 1. The number of amides is 1. The molecule has 3 rings (SSSR count). The third-order valence-corrected chi connectivity index (χ3v) is 4.42. The van der Waals surface area contributed by atoms with E-state index in [0.717, 1.165) is 39.0 Å². The van der Waals surface area contributed by atoms with Crippen LogP contribution in [0.15, 0.2) is 6.20 Å². The third kappa shape index (κ3) is 2.65. The Hall–Kier alpha value is -1.56. The Kier molecular flexibility index (Phi) is 3.91. The highest BCUT2D eigenvalue weighted by atomic mass is 16.2. The van der Waals surface area contributed by atoms with Crippen molar-refractivity contribution in [2.75, 3.05) is 37.6 Å². The summed E-state index contributed by atoms with van der Waals surface area (Å²) in [5.41, 5.74) is 7.97. The van der Waals surface area contributed by atoms with Gasteiger partial charge in [-0.15, -0.1) is 0 Å². The quantitative estimate of drug-likeness (QED) is 0.836. The van der Waals surface area contributed by atoms with Crippen LogP contribution in [0.3, 0.4) is 0 Å². The van der Waals surface area contributed by atoms with Crippen molar-refractivity contribution in [2.24, 2.45) is 11.7 Å². The summed E-state index contributed by atoms with van der Waals surface area (Å²) < 4.78 is 0. The van der Waals surface area contributed by atoms with Gasteiger partial charge in [-0.2, -0.15) is 5.10 Å². The van der Waals surface area contributed by atoms with E-state index in [1.807, 2.05) is 11.1 Å². The van der Waals surface area contributed by atoms with Crippen molar-refractivity contribution in [3.8, 4) is 0 Å². The molecule has 1 fully saturated rings. The first-order valence-electron chi connectivity index (χ1n) is 7.53. The molecule has 20 heavy (non-hydrogen) atoms. The summed E-state index contributed by atoms with van der Waals surface area (Å²) in [7, 11) is 0. The molecule has 3 N–H and O–H groups in total. The average Bonchev–Trinajstić information content (AvgIpc) is 2.96. The zero-order valence-corrected chi connectivity index (χ0v) is 11.8. The number of fused-ring (bicyclic) bond motifs is 1. The number of piperidine rings is 1. The van der Waals surface area contributed by atoms with E-state index in [-0.39, 0.29) is 12.5 Å². The van der Waals surface area contributed by atoms with Crippen LogP contribution in [0.25, 0.3) is 0 Å². The summed E-state index contributed by atoms with van der Waals surface area (Å²) >= 11 is 0. The van der Waals surface area contributed by atoms with Crippen LogP contribution in [0.4, 0.5) is 5.69 Å². The highest BCUT2D eigenvalue weighted by Gasteiger charge is 2.26. The number of hydrogen-bond acceptors (Lipinski definition) is 4. The Morgan fingerprint density at radius 3 is 3.20 bits per heavy atom. The topological polar surface area (TPSA) is 78.3 Å². The lowest BCUT2D eigenvalue weighted by Gasteiger charge is -2.37. The Morgan fingerprint density at radius 2 is 2.35 bits per heavy atom. The van der Waals surface area contributed by atoms with Gasteiger partial charge in [0.15, 0.2) is 0 Å². The maximum absolute atomic E-state index is 11.7. The predicted molar refractivity (Wildman–Crippen MR) is 77.5 cm³/mol. The number of hydrogen-bond donors (Lipinski definition) is 2. The summed E-state index contributed by atoms with van der Waals surface area (Å²) in [6, 6.07) is 0. The van der Waals surface area contributed by atoms with E-state index in [1.165, 1.54) is 24.2 Å². The molecule has 110 valence electrons. The number of anilines is 1. The number of carbonyl (C=O) groups excluding carboxylic acids is 1. The fourth-order valence-electron chi connectivity index (χ4n) is 3.40. The number of aromatic nitrogens is 2. The Balaban J connectivity index is 1.63. The maximum Gasteiger partial charge on any atom is 0.236 e. The van der Waals surface area contributed by atoms with Gasteiger partial charge >= 0.3 is 0 Å². The van der Waals surface area contributed by atoms with Crippen LogP contribution in [-0.4, -0.2) is 53.7 Å². The van der Waals surface area contributed by atoms with E-state index in [9.17, 15) is 4.79 Å². The summed E-state index contributed by atoms with van der Waals surface area (Å²) in [4.78, 5) is 16.1. The first-order chi connectivity index (χ1) is 9.78. The normalized spacial score (nSPS) is 22.8. The summed E-state index contributed by atoms with van der Waals surface area (Å²) in [6.45, 7) is 3.94. The lowest BCUT2D eigenvalue weighted by molar-refractivity contribution is -0.131. The van der Waals surface area contributed by atoms with Crippen LogP contribution in [-0.2, 0) is 11.2 Å². The van der Waals surface area contributed by atoms with Gasteiger partial charge in [0, 0.05) is 26.2 Å². The van der Waals surface area contributed by atoms with Crippen molar-refractivity contribution in [1.29, 1.82) is 0 Å². The molecular formula is C14H23N5O. The van der Waals surface area contributed by atoms with Crippen LogP contribution in [0.2, 0.25) is 0 Å². The summed E-state index contributed by atoms with van der Waals surface area (Å²) in [5, 5.41) is 7.24. The Morgan fingerprint density at radius 1 is 1.45 bits per heavy atom. The Bertz CT molecular complexity index is 472. The molecule has 0 bridgehead atoms. The molecule has 0 spiro atoms. The van der Waals surface area contributed by atoms with E-state index < -0.39 is 0 Å². The van der Waals surface area contributed by atoms with Crippen molar-refractivity contribution in [3.05, 3.63) is 11.9 Å². The molecule has 0 aliphatic carbocycles. The van der Waals surface area contributed by atoms with E-state index in [0.29, 0.717) is 5.92 Å². The molecule has 1 saturated heterocycles. The second kappa shape index (κ2) is 5.83. The van der Waals surface area contributed by atoms with Gasteiger partial charge in [0.05, 0.1) is 24.1 Å². The predicted octanol–water partition coefficient (Wildman–Crippen LogP) is 0.360. The van der Waals surface area contributed by atoms with Crippen molar-refractivity contribution in [1.82, 2.24) is 15.1 Å². The highest BCUT2D eigenvalue weighted by Crippen LogP contribution is 2.27.